The van der Waals surface area contributed by atoms with Gasteiger partial charge in [0, 0.05) is 12.2 Å². The van der Waals surface area contributed by atoms with E-state index in [-0.39, 0.29) is 12.3 Å². The molecule has 7 heteroatoms. The van der Waals surface area contributed by atoms with Crippen molar-refractivity contribution >= 4 is 17.3 Å². The average molecular weight is 364 g/mol. The van der Waals surface area contributed by atoms with Crippen LogP contribution >= 0.6 is 0 Å². The number of hydrogen-bond donors (Lipinski definition) is 1. The van der Waals surface area contributed by atoms with Crippen molar-refractivity contribution in [2.24, 2.45) is 0 Å². The lowest BCUT2D eigenvalue weighted by atomic mass is 10.2. The molecule has 1 aliphatic heterocycles. The van der Waals surface area contributed by atoms with E-state index in [1.807, 2.05) is 24.3 Å². The number of fused-ring (bicyclic) bond motifs is 1. The monoisotopic (exact) mass is 364 g/mol. The number of nitrogens with zero attached hydrogens (tertiary/aromatic N) is 3. The van der Waals surface area contributed by atoms with Crippen molar-refractivity contribution in [2.45, 2.75) is 19.4 Å². The highest BCUT2D eigenvalue weighted by molar-refractivity contribution is 5.93. The Morgan fingerprint density at radius 3 is 2.93 bits per heavy atom. The normalized spacial score (nSPS) is 12.7. The van der Waals surface area contributed by atoms with Gasteiger partial charge < -0.3 is 19.5 Å². The molecular weight excluding hydrogens is 344 g/mol. The molecule has 0 spiro atoms. The van der Waals surface area contributed by atoms with Crippen LogP contribution in [0.15, 0.2) is 53.1 Å². The SMILES string of the molecule is COc1ccccc1NC(=O)Cc1noc(CN2CCc3ccccc32)n1. The van der Waals surface area contributed by atoms with Crippen LogP contribution in [0.1, 0.15) is 17.3 Å². The van der Waals surface area contributed by atoms with Crippen molar-refractivity contribution in [1.82, 2.24) is 10.1 Å². The first-order chi connectivity index (χ1) is 13.2. The minimum atomic E-state index is -0.224. The number of hydrogen-bond acceptors (Lipinski definition) is 6. The number of carbonyl (C=O) groups excluding carboxylic acids is 1. The molecule has 3 aromatic rings. The Hall–Kier alpha value is -3.35. The van der Waals surface area contributed by atoms with Crippen LogP contribution in [-0.4, -0.2) is 29.7 Å². The first kappa shape index (κ1) is 17.1. The van der Waals surface area contributed by atoms with Crippen molar-refractivity contribution in [1.29, 1.82) is 0 Å². The number of aromatic nitrogens is 2. The number of benzene rings is 2. The average Bonchev–Trinajstić information content (AvgIpc) is 3.30. The standard InChI is InChI=1S/C20H20N4O3/c1-26-17-9-5-3-7-15(17)21-19(25)12-18-22-20(27-23-18)13-24-11-10-14-6-2-4-8-16(14)24/h2-9H,10-13H2,1H3,(H,21,25). The van der Waals surface area contributed by atoms with E-state index in [4.69, 9.17) is 9.26 Å². The van der Waals surface area contributed by atoms with Gasteiger partial charge >= 0.3 is 0 Å². The van der Waals surface area contributed by atoms with Crippen LogP contribution in [0.25, 0.3) is 0 Å². The summed E-state index contributed by atoms with van der Waals surface area (Å²) in [6, 6.07) is 15.6. The second-order valence-electron chi connectivity index (χ2n) is 6.33. The zero-order valence-corrected chi connectivity index (χ0v) is 15.0. The van der Waals surface area contributed by atoms with Crippen LogP contribution in [0.5, 0.6) is 5.75 Å². The van der Waals surface area contributed by atoms with Crippen LogP contribution < -0.4 is 15.0 Å². The Kier molecular flexibility index (Phi) is 4.74. The minimum absolute atomic E-state index is 0.0398. The molecule has 1 aliphatic rings. The number of ether oxygens (including phenoxy) is 1. The maximum atomic E-state index is 12.3. The van der Waals surface area contributed by atoms with E-state index in [1.54, 1.807) is 19.2 Å². The van der Waals surface area contributed by atoms with Crippen molar-refractivity contribution in [3.05, 3.63) is 65.8 Å². The Balaban J connectivity index is 1.38. The molecule has 1 amide bonds. The van der Waals surface area contributed by atoms with Crippen molar-refractivity contribution < 1.29 is 14.1 Å². The first-order valence-electron chi connectivity index (χ1n) is 8.80. The minimum Gasteiger partial charge on any atom is -0.495 e. The van der Waals surface area contributed by atoms with E-state index in [2.05, 4.69) is 32.5 Å². The van der Waals surface area contributed by atoms with E-state index in [1.165, 1.54) is 11.3 Å². The molecule has 1 aromatic heterocycles. The molecule has 0 bridgehead atoms. The zero-order valence-electron chi connectivity index (χ0n) is 15.0. The summed E-state index contributed by atoms with van der Waals surface area (Å²) in [5.74, 6) is 1.25. The Morgan fingerprint density at radius 1 is 1.22 bits per heavy atom. The van der Waals surface area contributed by atoms with Crippen LogP contribution in [0.3, 0.4) is 0 Å². The largest absolute Gasteiger partial charge is 0.495 e. The molecule has 0 saturated carbocycles. The van der Waals surface area contributed by atoms with Gasteiger partial charge in [-0.15, -0.1) is 0 Å². The second kappa shape index (κ2) is 7.49. The summed E-state index contributed by atoms with van der Waals surface area (Å²) in [4.78, 5) is 18.8. The van der Waals surface area contributed by atoms with Gasteiger partial charge in [0.1, 0.15) is 5.75 Å². The lowest BCUT2D eigenvalue weighted by Crippen LogP contribution is -2.20. The fourth-order valence-corrected chi connectivity index (χ4v) is 3.25. The van der Waals surface area contributed by atoms with Crippen molar-refractivity contribution in [3.8, 4) is 5.75 Å². The van der Waals surface area contributed by atoms with Gasteiger partial charge in [0.15, 0.2) is 5.82 Å². The van der Waals surface area contributed by atoms with Gasteiger partial charge in [-0.2, -0.15) is 4.98 Å². The topological polar surface area (TPSA) is 80.5 Å². The number of amides is 1. The van der Waals surface area contributed by atoms with Gasteiger partial charge in [0.25, 0.3) is 0 Å². The van der Waals surface area contributed by atoms with E-state index in [9.17, 15) is 4.79 Å². The Labute approximate surface area is 156 Å². The summed E-state index contributed by atoms with van der Waals surface area (Å²) in [7, 11) is 1.56. The number of nitrogens with one attached hydrogen (secondary N) is 1. The Morgan fingerprint density at radius 2 is 2.04 bits per heavy atom. The predicted molar refractivity (Wildman–Crippen MR) is 101 cm³/mol. The van der Waals surface area contributed by atoms with Crippen LogP contribution in [0.2, 0.25) is 0 Å². The van der Waals surface area contributed by atoms with E-state index < -0.39 is 0 Å². The molecule has 1 N–H and O–H groups in total. The molecule has 0 aliphatic carbocycles. The maximum Gasteiger partial charge on any atom is 0.246 e. The molecule has 4 rings (SSSR count). The quantitative estimate of drug-likeness (QED) is 0.724. The highest BCUT2D eigenvalue weighted by atomic mass is 16.5. The number of methoxy groups -OCH3 is 1. The van der Waals surface area contributed by atoms with E-state index >= 15 is 0 Å². The fourth-order valence-electron chi connectivity index (χ4n) is 3.25. The molecule has 0 unspecified atom stereocenters. The molecule has 2 heterocycles. The number of rotatable bonds is 6. The van der Waals surface area contributed by atoms with Crippen molar-refractivity contribution in [3.63, 3.8) is 0 Å². The summed E-state index contributed by atoms with van der Waals surface area (Å²) < 4.78 is 10.6. The number of anilines is 2. The molecule has 7 nitrogen and oxygen atoms in total. The summed E-state index contributed by atoms with van der Waals surface area (Å²) in [6.45, 7) is 1.46. The fraction of sp³-hybridized carbons (Fsp3) is 0.250. The van der Waals surface area contributed by atoms with Crippen molar-refractivity contribution in [2.75, 3.05) is 23.9 Å². The molecule has 27 heavy (non-hydrogen) atoms. The first-order valence-corrected chi connectivity index (χ1v) is 8.80. The summed E-state index contributed by atoms with van der Waals surface area (Å²) in [5, 5.41) is 6.74. The molecule has 0 fully saturated rings. The van der Waals surface area contributed by atoms with Gasteiger partial charge in [-0.1, -0.05) is 35.5 Å². The van der Waals surface area contributed by atoms with Gasteiger partial charge in [-0.3, -0.25) is 4.79 Å². The third-order valence-corrected chi connectivity index (χ3v) is 4.52. The summed E-state index contributed by atoms with van der Waals surface area (Å²) >= 11 is 0. The molecule has 0 atom stereocenters. The third kappa shape index (κ3) is 3.76. The lowest BCUT2D eigenvalue weighted by molar-refractivity contribution is -0.115. The highest BCUT2D eigenvalue weighted by Gasteiger charge is 2.21. The second-order valence-corrected chi connectivity index (χ2v) is 6.33. The summed E-state index contributed by atoms with van der Waals surface area (Å²) in [6.07, 6.45) is 1.05. The molecule has 138 valence electrons. The summed E-state index contributed by atoms with van der Waals surface area (Å²) in [5.41, 5.74) is 3.14. The van der Waals surface area contributed by atoms with Crippen LogP contribution in [0.4, 0.5) is 11.4 Å². The van der Waals surface area contributed by atoms with E-state index in [0.717, 1.165) is 13.0 Å². The van der Waals surface area contributed by atoms with E-state index in [0.29, 0.717) is 29.7 Å². The molecular formula is C20H20N4O3. The highest BCUT2D eigenvalue weighted by Crippen LogP contribution is 2.28. The lowest BCUT2D eigenvalue weighted by Gasteiger charge is -2.16. The zero-order chi connectivity index (χ0) is 18.6. The molecule has 2 aromatic carbocycles. The number of para-hydroxylation sites is 3. The Bertz CT molecular complexity index is 954. The maximum absolute atomic E-state index is 12.3. The van der Waals surface area contributed by atoms with Gasteiger partial charge in [0.2, 0.25) is 11.8 Å². The van der Waals surface area contributed by atoms with Gasteiger partial charge in [-0.25, -0.2) is 0 Å². The molecule has 0 radical (unpaired) electrons. The number of carbonyl (C=O) groups is 1. The predicted octanol–water partition coefficient (Wildman–Crippen LogP) is 2.82. The van der Waals surface area contributed by atoms with Crippen LogP contribution in [-0.2, 0) is 24.2 Å². The molecule has 0 saturated heterocycles. The third-order valence-electron chi connectivity index (χ3n) is 4.52. The van der Waals surface area contributed by atoms with Crippen LogP contribution in [0, 0.1) is 0 Å². The van der Waals surface area contributed by atoms with Gasteiger partial charge in [0.05, 0.1) is 25.8 Å². The smallest absolute Gasteiger partial charge is 0.246 e. The van der Waals surface area contributed by atoms with Gasteiger partial charge in [-0.05, 0) is 30.2 Å².